The monoisotopic (exact) mass is 636 g/mol. The van der Waals surface area contributed by atoms with E-state index in [0.29, 0.717) is 22.2 Å². The minimum Gasteiger partial charge on any atom is -0.494 e. The van der Waals surface area contributed by atoms with Gasteiger partial charge < -0.3 is 10.1 Å². The molecule has 0 unspecified atom stereocenters. The first-order valence-corrected chi connectivity index (χ1v) is 14.1. The minimum absolute atomic E-state index is 0.136. The van der Waals surface area contributed by atoms with E-state index < -0.39 is 0 Å². The molecule has 1 amide bonds. The number of fused-ring (bicyclic) bond motifs is 1. The molecule has 1 aromatic heterocycles. The van der Waals surface area contributed by atoms with Gasteiger partial charge in [0.1, 0.15) is 10.8 Å². The lowest BCUT2D eigenvalue weighted by molar-refractivity contribution is 0.102. The third-order valence-electron chi connectivity index (χ3n) is 6.36. The predicted octanol–water partition coefficient (Wildman–Crippen LogP) is 9.09. The van der Waals surface area contributed by atoms with Crippen molar-refractivity contribution in [2.45, 2.75) is 40.0 Å². The fourth-order valence-corrected chi connectivity index (χ4v) is 7.29. The second kappa shape index (κ2) is 10.8. The molecule has 2 aromatic carbocycles. The number of hydrogen-bond donors (Lipinski definition) is 1. The van der Waals surface area contributed by atoms with E-state index in [1.807, 2.05) is 24.3 Å². The summed E-state index contributed by atoms with van der Waals surface area (Å²) in [6.45, 7) is 6.88. The molecule has 0 spiro atoms. The van der Waals surface area contributed by atoms with Crippen LogP contribution in [0, 0.1) is 11.3 Å². The molecule has 184 valence electrons. The van der Waals surface area contributed by atoms with Crippen LogP contribution in [-0.4, -0.2) is 19.2 Å². The maximum Gasteiger partial charge on any atom is 0.259 e. The lowest BCUT2D eigenvalue weighted by Gasteiger charge is -2.33. The van der Waals surface area contributed by atoms with E-state index in [0.717, 1.165) is 50.1 Å². The standard InChI is InChI=1S/C27H27Br2ClN2O2S/c1-27(2,3)16-5-10-19-22(13-16)35-26(23(19)25(33)32-18-8-6-17(30)7-9-18)31-14-15-11-20(28)24(34-4)21(29)12-15/h6-9,11-12,14,16H,5,10,13H2,1-4H3,(H,32,33)/t16-/m0/s1. The van der Waals surface area contributed by atoms with Crippen LogP contribution in [0.25, 0.3) is 0 Å². The normalized spacial score (nSPS) is 15.8. The van der Waals surface area contributed by atoms with Crippen LogP contribution < -0.4 is 10.1 Å². The van der Waals surface area contributed by atoms with Gasteiger partial charge in [-0.2, -0.15) is 0 Å². The number of nitrogens with zero attached hydrogens (tertiary/aromatic N) is 1. The molecule has 0 radical (unpaired) electrons. The van der Waals surface area contributed by atoms with Crippen LogP contribution in [0.5, 0.6) is 5.75 Å². The predicted molar refractivity (Wildman–Crippen MR) is 154 cm³/mol. The molecule has 1 atom stereocenters. The number of ether oxygens (including phenoxy) is 1. The van der Waals surface area contributed by atoms with Crippen LogP contribution in [0.3, 0.4) is 0 Å². The van der Waals surface area contributed by atoms with Crippen molar-refractivity contribution < 1.29 is 9.53 Å². The Morgan fingerprint density at radius 2 is 1.86 bits per heavy atom. The maximum absolute atomic E-state index is 13.5. The van der Waals surface area contributed by atoms with E-state index >= 15 is 0 Å². The second-order valence-electron chi connectivity index (χ2n) is 9.73. The molecule has 1 aliphatic carbocycles. The molecule has 8 heteroatoms. The zero-order valence-electron chi connectivity index (χ0n) is 20.0. The van der Waals surface area contributed by atoms with Gasteiger partial charge in [0.25, 0.3) is 5.91 Å². The summed E-state index contributed by atoms with van der Waals surface area (Å²) in [4.78, 5) is 19.6. The van der Waals surface area contributed by atoms with Gasteiger partial charge in [0, 0.05) is 21.8 Å². The lowest BCUT2D eigenvalue weighted by atomic mass is 9.72. The highest BCUT2D eigenvalue weighted by molar-refractivity contribution is 9.11. The molecular formula is C27H27Br2ClN2O2S. The van der Waals surface area contributed by atoms with E-state index in [4.69, 9.17) is 21.3 Å². The summed E-state index contributed by atoms with van der Waals surface area (Å²) in [5.74, 6) is 1.17. The number of halogens is 3. The Morgan fingerprint density at radius 1 is 1.20 bits per heavy atom. The molecule has 1 N–H and O–H groups in total. The van der Waals surface area contributed by atoms with Crippen molar-refractivity contribution >= 4 is 77.6 Å². The van der Waals surface area contributed by atoms with Gasteiger partial charge in [-0.25, -0.2) is 4.99 Å². The van der Waals surface area contributed by atoms with Crippen molar-refractivity contribution in [1.82, 2.24) is 0 Å². The average Bonchev–Trinajstić information content (AvgIpc) is 3.16. The number of nitrogens with one attached hydrogen (secondary N) is 1. The quantitative estimate of drug-likeness (QED) is 0.284. The van der Waals surface area contributed by atoms with Gasteiger partial charge in [-0.15, -0.1) is 11.3 Å². The maximum atomic E-state index is 13.5. The van der Waals surface area contributed by atoms with Gasteiger partial charge in [0.05, 0.1) is 21.6 Å². The van der Waals surface area contributed by atoms with Gasteiger partial charge in [0.2, 0.25) is 0 Å². The SMILES string of the molecule is COc1c(Br)cc(C=Nc2sc3c(c2C(=O)Nc2ccc(Cl)cc2)CC[C@H](C(C)(C)C)C3)cc1Br. The Kier molecular flexibility index (Phi) is 8.11. The number of methoxy groups -OCH3 is 1. The number of thiophene rings is 1. The number of amides is 1. The summed E-state index contributed by atoms with van der Waals surface area (Å²) in [7, 11) is 1.63. The van der Waals surface area contributed by atoms with E-state index in [-0.39, 0.29) is 11.3 Å². The molecule has 1 heterocycles. The molecule has 0 saturated carbocycles. The lowest BCUT2D eigenvalue weighted by Crippen LogP contribution is -2.27. The number of hydrogen-bond acceptors (Lipinski definition) is 4. The van der Waals surface area contributed by atoms with Crippen molar-refractivity contribution in [2.75, 3.05) is 12.4 Å². The van der Waals surface area contributed by atoms with Gasteiger partial charge in [-0.1, -0.05) is 32.4 Å². The van der Waals surface area contributed by atoms with Crippen LogP contribution in [0.2, 0.25) is 5.02 Å². The van der Waals surface area contributed by atoms with Crippen molar-refractivity contribution in [2.24, 2.45) is 16.3 Å². The molecule has 1 aliphatic rings. The highest BCUT2D eigenvalue weighted by atomic mass is 79.9. The van der Waals surface area contributed by atoms with Gasteiger partial charge in [-0.05, 0) is 110 Å². The molecule has 3 aromatic rings. The molecule has 0 fully saturated rings. The second-order valence-corrected chi connectivity index (χ2v) is 13.0. The van der Waals surface area contributed by atoms with Crippen LogP contribution in [0.4, 0.5) is 10.7 Å². The molecule has 0 saturated heterocycles. The minimum atomic E-state index is -0.136. The van der Waals surface area contributed by atoms with Crippen LogP contribution in [0.15, 0.2) is 50.3 Å². The van der Waals surface area contributed by atoms with E-state index in [1.54, 1.807) is 36.8 Å². The van der Waals surface area contributed by atoms with Crippen molar-refractivity contribution in [3.8, 4) is 5.75 Å². The van der Waals surface area contributed by atoms with Crippen molar-refractivity contribution in [1.29, 1.82) is 0 Å². The summed E-state index contributed by atoms with van der Waals surface area (Å²) >= 11 is 14.7. The number of rotatable bonds is 5. The summed E-state index contributed by atoms with van der Waals surface area (Å²) in [5, 5.41) is 4.40. The van der Waals surface area contributed by atoms with Crippen LogP contribution in [0.1, 0.15) is 53.6 Å². The molecule has 4 nitrogen and oxygen atoms in total. The average molecular weight is 639 g/mol. The highest BCUT2D eigenvalue weighted by Gasteiger charge is 2.33. The van der Waals surface area contributed by atoms with Crippen LogP contribution in [-0.2, 0) is 12.8 Å². The molecule has 0 aliphatic heterocycles. The Labute approximate surface area is 232 Å². The Hall–Kier alpha value is -1.67. The third-order valence-corrected chi connectivity index (χ3v) is 8.95. The van der Waals surface area contributed by atoms with Gasteiger partial charge >= 0.3 is 0 Å². The van der Waals surface area contributed by atoms with Gasteiger partial charge in [0.15, 0.2) is 0 Å². The highest BCUT2D eigenvalue weighted by Crippen LogP contribution is 2.45. The van der Waals surface area contributed by atoms with E-state index in [2.05, 4.69) is 57.9 Å². The molecular weight excluding hydrogens is 612 g/mol. The summed E-state index contributed by atoms with van der Waals surface area (Å²) < 4.78 is 7.06. The third kappa shape index (κ3) is 6.01. The molecule has 4 rings (SSSR count). The van der Waals surface area contributed by atoms with E-state index in [1.165, 1.54) is 4.88 Å². The number of carbonyl (C=O) groups excluding carboxylic acids is 1. The number of carbonyl (C=O) groups is 1. The molecule has 35 heavy (non-hydrogen) atoms. The number of anilines is 1. The Bertz CT molecular complexity index is 1260. The number of benzene rings is 2. The van der Waals surface area contributed by atoms with Crippen molar-refractivity contribution in [3.63, 3.8) is 0 Å². The first-order valence-electron chi connectivity index (χ1n) is 11.4. The number of aliphatic imine (C=N–C) groups is 1. The van der Waals surface area contributed by atoms with Crippen LogP contribution >= 0.6 is 54.8 Å². The van der Waals surface area contributed by atoms with Crippen molar-refractivity contribution in [3.05, 3.63) is 71.9 Å². The Morgan fingerprint density at radius 3 is 2.46 bits per heavy atom. The molecule has 0 bridgehead atoms. The fraction of sp³-hybridized carbons (Fsp3) is 0.333. The smallest absolute Gasteiger partial charge is 0.259 e. The van der Waals surface area contributed by atoms with E-state index in [9.17, 15) is 4.79 Å². The Balaban J connectivity index is 1.71. The van der Waals surface area contributed by atoms with Gasteiger partial charge in [-0.3, -0.25) is 4.79 Å². The zero-order valence-corrected chi connectivity index (χ0v) is 24.8. The largest absolute Gasteiger partial charge is 0.494 e. The summed E-state index contributed by atoms with van der Waals surface area (Å²) in [5.41, 5.74) is 3.63. The first kappa shape index (κ1) is 26.4. The summed E-state index contributed by atoms with van der Waals surface area (Å²) in [6.07, 6.45) is 4.72. The zero-order chi connectivity index (χ0) is 25.3. The fourth-order valence-electron chi connectivity index (χ4n) is 4.34. The first-order chi connectivity index (χ1) is 16.6. The topological polar surface area (TPSA) is 50.7 Å². The summed E-state index contributed by atoms with van der Waals surface area (Å²) in [6, 6.07) is 11.1.